The van der Waals surface area contributed by atoms with Crippen molar-refractivity contribution in [2.24, 2.45) is 0 Å². The number of nitrogens with zero attached hydrogens (tertiary/aromatic N) is 1. The van der Waals surface area contributed by atoms with Crippen LogP contribution >= 0.6 is 11.8 Å². The number of rotatable bonds is 12. The van der Waals surface area contributed by atoms with Crippen LogP contribution in [0, 0.1) is 0 Å². The van der Waals surface area contributed by atoms with Crippen molar-refractivity contribution >= 4 is 40.3 Å². The average molecular weight is 646 g/mol. The van der Waals surface area contributed by atoms with Gasteiger partial charge >= 0.3 is 0 Å². The summed E-state index contributed by atoms with van der Waals surface area (Å²) in [6.07, 6.45) is 3.60. The van der Waals surface area contributed by atoms with E-state index in [-0.39, 0.29) is 29.5 Å². The molecule has 0 unspecified atom stereocenters. The maximum Gasteiger partial charge on any atom is 0.242 e. The minimum Gasteiger partial charge on any atom is -0.493 e. The molecule has 1 aliphatic rings. The number of carbonyl (C=O) groups is 2. The summed E-state index contributed by atoms with van der Waals surface area (Å²) in [6.45, 7) is 1.67. The Morgan fingerprint density at radius 1 is 1.07 bits per heavy atom. The number of thioether (sulfide) groups is 1. The molecule has 0 fully saturated rings. The van der Waals surface area contributed by atoms with Crippen LogP contribution in [0.5, 0.6) is 17.2 Å². The second-order valence-electron chi connectivity index (χ2n) is 11.0. The zero-order valence-corrected chi connectivity index (χ0v) is 27.4. The number of anilines is 1. The maximum absolute atomic E-state index is 13.8. The molecule has 0 saturated carbocycles. The van der Waals surface area contributed by atoms with Crippen LogP contribution in [0.2, 0.25) is 0 Å². The lowest BCUT2D eigenvalue weighted by molar-refractivity contribution is -0.122. The van der Waals surface area contributed by atoms with E-state index in [2.05, 4.69) is 25.9 Å². The number of imidazole rings is 1. The van der Waals surface area contributed by atoms with Gasteiger partial charge in [0, 0.05) is 12.5 Å². The Kier molecular flexibility index (Phi) is 10.4. The zero-order chi connectivity index (χ0) is 32.8. The van der Waals surface area contributed by atoms with Gasteiger partial charge in [0.05, 0.1) is 50.6 Å². The summed E-state index contributed by atoms with van der Waals surface area (Å²) < 4.78 is 17.2. The van der Waals surface area contributed by atoms with Crippen molar-refractivity contribution in [1.29, 1.82) is 0 Å². The minimum atomic E-state index is -0.677. The van der Waals surface area contributed by atoms with Crippen LogP contribution in [0.1, 0.15) is 42.8 Å². The summed E-state index contributed by atoms with van der Waals surface area (Å²) in [7, 11) is 4.67. The van der Waals surface area contributed by atoms with Crippen LogP contribution in [0.15, 0.2) is 53.3 Å². The number of aryl methyl sites for hydroxylation is 1. The number of aromatic amines is 1. The van der Waals surface area contributed by atoms with Gasteiger partial charge in [-0.1, -0.05) is 18.2 Å². The van der Waals surface area contributed by atoms with Crippen molar-refractivity contribution in [2.45, 2.75) is 44.8 Å². The number of hydrogen-bond donors (Lipinski definition) is 4. The summed E-state index contributed by atoms with van der Waals surface area (Å²) in [5.41, 5.74) is 4.72. The molecule has 242 valence electrons. The number of methoxy groups -OCH3 is 3. The van der Waals surface area contributed by atoms with Gasteiger partial charge in [-0.15, -0.1) is 0 Å². The van der Waals surface area contributed by atoms with Gasteiger partial charge in [-0.2, -0.15) is 11.8 Å². The van der Waals surface area contributed by atoms with Gasteiger partial charge in [0.1, 0.15) is 11.9 Å². The molecule has 1 aromatic heterocycles. The molecule has 5 rings (SSSR count). The fourth-order valence-electron chi connectivity index (χ4n) is 5.90. The summed E-state index contributed by atoms with van der Waals surface area (Å²) in [4.78, 5) is 47.3. The van der Waals surface area contributed by atoms with Gasteiger partial charge < -0.3 is 35.1 Å². The fourth-order valence-corrected chi connectivity index (χ4v) is 6.37. The molecule has 2 amide bonds. The van der Waals surface area contributed by atoms with Gasteiger partial charge in [-0.25, -0.2) is 4.98 Å². The lowest BCUT2D eigenvalue weighted by atomic mass is 9.95. The highest BCUT2D eigenvalue weighted by Crippen LogP contribution is 2.50. The molecule has 1 heterocycles. The normalized spacial score (nSPS) is 14.3. The van der Waals surface area contributed by atoms with Crippen LogP contribution < -0.4 is 35.6 Å². The number of nitrogens with one attached hydrogen (secondary N) is 4. The highest BCUT2D eigenvalue weighted by Gasteiger charge is 2.30. The van der Waals surface area contributed by atoms with E-state index < -0.39 is 12.1 Å². The quantitative estimate of drug-likeness (QED) is 0.174. The molecule has 0 spiro atoms. The fraction of sp³-hybridized carbons (Fsp3) is 0.353. The van der Waals surface area contributed by atoms with Crippen molar-refractivity contribution in [2.75, 3.05) is 38.7 Å². The second kappa shape index (κ2) is 14.6. The molecule has 12 heteroatoms. The number of benzene rings is 2. The number of aromatic nitrogens is 2. The van der Waals surface area contributed by atoms with Crippen LogP contribution in [-0.2, 0) is 22.6 Å². The van der Waals surface area contributed by atoms with Crippen molar-refractivity contribution in [3.05, 3.63) is 75.7 Å². The molecule has 4 N–H and O–H groups in total. The Morgan fingerprint density at radius 3 is 2.54 bits per heavy atom. The third kappa shape index (κ3) is 6.91. The van der Waals surface area contributed by atoms with Gasteiger partial charge in [0.2, 0.25) is 23.0 Å². The van der Waals surface area contributed by atoms with E-state index in [1.165, 1.54) is 6.92 Å². The molecule has 46 heavy (non-hydrogen) atoms. The number of amides is 2. The summed E-state index contributed by atoms with van der Waals surface area (Å²) in [5, 5.41) is 9.20. The molecule has 0 aliphatic heterocycles. The van der Waals surface area contributed by atoms with E-state index in [1.807, 2.05) is 42.7 Å². The first-order chi connectivity index (χ1) is 22.3. The Balaban J connectivity index is 1.53. The summed E-state index contributed by atoms with van der Waals surface area (Å²) in [6, 6.07) is 13.5. The van der Waals surface area contributed by atoms with E-state index in [1.54, 1.807) is 45.2 Å². The molecular formula is C34H39N5O6S. The third-order valence-corrected chi connectivity index (χ3v) is 8.69. The lowest BCUT2D eigenvalue weighted by Crippen LogP contribution is -2.40. The predicted molar refractivity (Wildman–Crippen MR) is 181 cm³/mol. The SMILES string of the molecule is COc1cc2c(c(OC)c1OC)-c1ccc(N[C@@H](CCSC)C(=O)NCc3nc4ccccc4[nH]3)c(=O)cc1[C@H](NC(C)=O)CC2. The minimum absolute atomic E-state index is 0.209. The van der Waals surface area contributed by atoms with Gasteiger partial charge in [-0.3, -0.25) is 14.4 Å². The van der Waals surface area contributed by atoms with Crippen molar-refractivity contribution < 1.29 is 23.8 Å². The number of para-hydroxylation sites is 2. The maximum atomic E-state index is 13.8. The van der Waals surface area contributed by atoms with Crippen LogP contribution in [0.4, 0.5) is 5.69 Å². The first kappa shape index (κ1) is 32.7. The topological polar surface area (TPSA) is 144 Å². The van der Waals surface area contributed by atoms with Crippen molar-refractivity contribution in [3.63, 3.8) is 0 Å². The number of fused-ring (bicyclic) bond motifs is 4. The van der Waals surface area contributed by atoms with Gasteiger partial charge in [0.15, 0.2) is 11.5 Å². The van der Waals surface area contributed by atoms with Crippen molar-refractivity contribution in [1.82, 2.24) is 20.6 Å². The number of ether oxygens (including phenoxy) is 3. The zero-order valence-electron chi connectivity index (χ0n) is 26.6. The number of hydrogen-bond acceptors (Lipinski definition) is 9. The van der Waals surface area contributed by atoms with E-state index in [9.17, 15) is 14.4 Å². The number of carbonyl (C=O) groups excluding carboxylic acids is 2. The Bertz CT molecular complexity index is 1780. The molecule has 3 aromatic carbocycles. The molecule has 1 aliphatic carbocycles. The highest BCUT2D eigenvalue weighted by molar-refractivity contribution is 7.98. The monoisotopic (exact) mass is 645 g/mol. The van der Waals surface area contributed by atoms with Gasteiger partial charge in [0.25, 0.3) is 0 Å². The van der Waals surface area contributed by atoms with Crippen LogP contribution in [-0.4, -0.2) is 61.2 Å². The molecule has 2 atom stereocenters. The van der Waals surface area contributed by atoms with E-state index in [0.717, 1.165) is 22.2 Å². The molecule has 4 aromatic rings. The Morgan fingerprint density at radius 2 is 1.85 bits per heavy atom. The Hall–Kier alpha value is -4.71. The Labute approximate surface area is 271 Å². The highest BCUT2D eigenvalue weighted by atomic mass is 32.2. The van der Waals surface area contributed by atoms with Crippen LogP contribution in [0.3, 0.4) is 0 Å². The van der Waals surface area contributed by atoms with Crippen molar-refractivity contribution in [3.8, 4) is 28.4 Å². The third-order valence-electron chi connectivity index (χ3n) is 8.04. The predicted octanol–water partition coefficient (Wildman–Crippen LogP) is 4.59. The molecule has 0 radical (unpaired) electrons. The van der Waals surface area contributed by atoms with E-state index in [0.29, 0.717) is 59.2 Å². The summed E-state index contributed by atoms with van der Waals surface area (Å²) in [5.74, 6) is 2.31. The average Bonchev–Trinajstić information content (AvgIpc) is 3.34. The summed E-state index contributed by atoms with van der Waals surface area (Å²) >= 11 is 1.62. The number of H-pyrrole nitrogens is 1. The van der Waals surface area contributed by atoms with E-state index in [4.69, 9.17) is 14.2 Å². The molecule has 0 saturated heterocycles. The molecule has 11 nitrogen and oxygen atoms in total. The molecule has 0 bridgehead atoms. The second-order valence-corrected chi connectivity index (χ2v) is 12.0. The van der Waals surface area contributed by atoms with Crippen LogP contribution in [0.25, 0.3) is 22.2 Å². The molecular weight excluding hydrogens is 606 g/mol. The first-order valence-corrected chi connectivity index (χ1v) is 16.4. The smallest absolute Gasteiger partial charge is 0.242 e. The van der Waals surface area contributed by atoms with E-state index >= 15 is 0 Å². The van der Waals surface area contributed by atoms with Gasteiger partial charge in [-0.05, 0) is 78.3 Å². The lowest BCUT2D eigenvalue weighted by Gasteiger charge is -2.19. The first-order valence-electron chi connectivity index (χ1n) is 15.0. The standard InChI is InChI=1S/C34H39N5O6S/c1-19(40)36-23-12-10-20-16-29(43-2)32(44-3)33(45-4)31(20)21-11-13-26(28(41)17-22(21)23)37-27(14-15-46-5)34(42)35-18-30-38-24-8-6-7-9-25(24)39-30/h6-9,11,13,16-17,23,27H,10,12,14-15,18H2,1-5H3,(H,35,42)(H,36,40)(H,37,41)(H,38,39)/t23-,27+/m1/s1. The largest absolute Gasteiger partial charge is 0.493 e.